The third-order valence-corrected chi connectivity index (χ3v) is 3.68. The van der Waals surface area contributed by atoms with E-state index in [2.05, 4.69) is 40.4 Å². The molecule has 110 valence electrons. The van der Waals surface area contributed by atoms with Gasteiger partial charge in [0.05, 0.1) is 0 Å². The Labute approximate surface area is 120 Å². The SMILES string of the molecule is CC(C)NCc1cccnc1N1CCNC(=O)C1(C)C. The van der Waals surface area contributed by atoms with Gasteiger partial charge in [-0.25, -0.2) is 4.98 Å². The number of anilines is 1. The van der Waals surface area contributed by atoms with Crippen molar-refractivity contribution in [2.75, 3.05) is 18.0 Å². The van der Waals surface area contributed by atoms with Crippen LogP contribution < -0.4 is 15.5 Å². The normalized spacial score (nSPS) is 18.2. The Morgan fingerprint density at radius 2 is 2.25 bits per heavy atom. The second-order valence-corrected chi connectivity index (χ2v) is 5.99. The fourth-order valence-electron chi connectivity index (χ4n) is 2.40. The summed E-state index contributed by atoms with van der Waals surface area (Å²) in [5.41, 5.74) is 0.558. The van der Waals surface area contributed by atoms with Gasteiger partial charge < -0.3 is 15.5 Å². The topological polar surface area (TPSA) is 57.3 Å². The Balaban J connectivity index is 2.29. The van der Waals surface area contributed by atoms with Crippen LogP contribution >= 0.6 is 0 Å². The highest BCUT2D eigenvalue weighted by Crippen LogP contribution is 2.27. The van der Waals surface area contributed by atoms with Crippen molar-refractivity contribution >= 4 is 11.7 Å². The van der Waals surface area contributed by atoms with E-state index >= 15 is 0 Å². The number of hydrogen-bond acceptors (Lipinski definition) is 4. The molecular formula is C15H24N4O. The molecule has 2 rings (SSSR count). The number of pyridine rings is 1. The number of rotatable bonds is 4. The van der Waals surface area contributed by atoms with Crippen molar-refractivity contribution in [3.05, 3.63) is 23.9 Å². The van der Waals surface area contributed by atoms with Crippen LogP contribution in [0.3, 0.4) is 0 Å². The van der Waals surface area contributed by atoms with Gasteiger partial charge >= 0.3 is 0 Å². The first kappa shape index (κ1) is 14.8. The monoisotopic (exact) mass is 276 g/mol. The van der Waals surface area contributed by atoms with Crippen LogP contribution in [0, 0.1) is 0 Å². The van der Waals surface area contributed by atoms with Crippen molar-refractivity contribution in [3.63, 3.8) is 0 Å². The van der Waals surface area contributed by atoms with Gasteiger partial charge in [0.1, 0.15) is 11.4 Å². The third kappa shape index (κ3) is 2.93. The highest BCUT2D eigenvalue weighted by atomic mass is 16.2. The fraction of sp³-hybridized carbons (Fsp3) is 0.600. The molecule has 0 unspecified atom stereocenters. The summed E-state index contributed by atoms with van der Waals surface area (Å²) < 4.78 is 0. The lowest BCUT2D eigenvalue weighted by Crippen LogP contribution is -2.62. The highest BCUT2D eigenvalue weighted by Gasteiger charge is 2.39. The largest absolute Gasteiger partial charge is 0.352 e. The van der Waals surface area contributed by atoms with E-state index in [-0.39, 0.29) is 5.91 Å². The molecule has 2 heterocycles. The lowest BCUT2D eigenvalue weighted by molar-refractivity contribution is -0.126. The van der Waals surface area contributed by atoms with Crippen LogP contribution in [0.25, 0.3) is 0 Å². The number of piperazine rings is 1. The van der Waals surface area contributed by atoms with E-state index in [1.54, 1.807) is 6.20 Å². The summed E-state index contributed by atoms with van der Waals surface area (Å²) in [6, 6.07) is 4.43. The van der Waals surface area contributed by atoms with Crippen molar-refractivity contribution < 1.29 is 4.79 Å². The molecule has 1 fully saturated rings. The molecule has 20 heavy (non-hydrogen) atoms. The van der Waals surface area contributed by atoms with Gasteiger partial charge in [-0.15, -0.1) is 0 Å². The second-order valence-electron chi connectivity index (χ2n) is 5.99. The van der Waals surface area contributed by atoms with E-state index in [0.29, 0.717) is 12.6 Å². The molecule has 0 spiro atoms. The number of aromatic nitrogens is 1. The first-order valence-electron chi connectivity index (χ1n) is 7.16. The van der Waals surface area contributed by atoms with Gasteiger partial charge in [-0.05, 0) is 19.9 Å². The molecule has 1 amide bonds. The van der Waals surface area contributed by atoms with Crippen molar-refractivity contribution in [2.45, 2.75) is 45.8 Å². The van der Waals surface area contributed by atoms with E-state index in [1.165, 1.54) is 0 Å². The minimum Gasteiger partial charge on any atom is -0.352 e. The number of nitrogens with zero attached hydrogens (tertiary/aromatic N) is 2. The van der Waals surface area contributed by atoms with E-state index in [9.17, 15) is 4.79 Å². The zero-order chi connectivity index (χ0) is 14.8. The summed E-state index contributed by atoms with van der Waals surface area (Å²) in [6.45, 7) is 10.3. The van der Waals surface area contributed by atoms with Gasteiger partial charge in [-0.3, -0.25) is 4.79 Å². The van der Waals surface area contributed by atoms with Crippen LogP contribution in [0.4, 0.5) is 5.82 Å². The molecule has 2 N–H and O–H groups in total. The lowest BCUT2D eigenvalue weighted by Gasteiger charge is -2.42. The second kappa shape index (κ2) is 5.79. The Kier molecular flexibility index (Phi) is 4.28. The van der Waals surface area contributed by atoms with Crippen LogP contribution in [0.5, 0.6) is 0 Å². The smallest absolute Gasteiger partial charge is 0.245 e. The van der Waals surface area contributed by atoms with E-state index in [1.807, 2.05) is 19.9 Å². The van der Waals surface area contributed by atoms with Crippen molar-refractivity contribution in [1.82, 2.24) is 15.6 Å². The molecule has 0 saturated carbocycles. The molecule has 0 aliphatic carbocycles. The zero-order valence-electron chi connectivity index (χ0n) is 12.7. The summed E-state index contributed by atoms with van der Waals surface area (Å²) >= 11 is 0. The molecule has 1 saturated heterocycles. The van der Waals surface area contributed by atoms with Crippen molar-refractivity contribution in [2.24, 2.45) is 0 Å². The molecule has 1 aliphatic rings. The van der Waals surface area contributed by atoms with Gasteiger partial charge in [-0.1, -0.05) is 19.9 Å². The molecule has 5 heteroatoms. The van der Waals surface area contributed by atoms with Gasteiger partial charge in [0.2, 0.25) is 5.91 Å². The summed E-state index contributed by atoms with van der Waals surface area (Å²) in [4.78, 5) is 18.7. The molecule has 5 nitrogen and oxygen atoms in total. The average molecular weight is 276 g/mol. The van der Waals surface area contributed by atoms with Crippen LogP contribution in [0.2, 0.25) is 0 Å². The third-order valence-electron chi connectivity index (χ3n) is 3.68. The minimum atomic E-state index is -0.570. The van der Waals surface area contributed by atoms with Gasteiger partial charge in [0.25, 0.3) is 0 Å². The van der Waals surface area contributed by atoms with E-state index in [0.717, 1.165) is 24.5 Å². The molecule has 1 aromatic rings. The average Bonchev–Trinajstić information content (AvgIpc) is 2.40. The summed E-state index contributed by atoms with van der Waals surface area (Å²) in [6.07, 6.45) is 1.79. The van der Waals surface area contributed by atoms with Gasteiger partial charge in [0, 0.05) is 37.4 Å². The molecule has 1 aromatic heterocycles. The van der Waals surface area contributed by atoms with E-state index < -0.39 is 5.54 Å². The van der Waals surface area contributed by atoms with Gasteiger partial charge in [-0.2, -0.15) is 0 Å². The summed E-state index contributed by atoms with van der Waals surface area (Å²) in [5.74, 6) is 0.956. The molecule has 0 radical (unpaired) electrons. The predicted molar refractivity (Wildman–Crippen MR) is 80.6 cm³/mol. The van der Waals surface area contributed by atoms with Crippen LogP contribution in [0.15, 0.2) is 18.3 Å². The number of hydrogen-bond donors (Lipinski definition) is 2. The quantitative estimate of drug-likeness (QED) is 0.870. The van der Waals surface area contributed by atoms with Crippen LogP contribution in [0.1, 0.15) is 33.3 Å². The maximum atomic E-state index is 12.1. The number of amides is 1. The minimum absolute atomic E-state index is 0.0529. The Hall–Kier alpha value is -1.62. The van der Waals surface area contributed by atoms with E-state index in [4.69, 9.17) is 0 Å². The number of carbonyl (C=O) groups excluding carboxylic acids is 1. The zero-order valence-corrected chi connectivity index (χ0v) is 12.7. The molecule has 0 atom stereocenters. The highest BCUT2D eigenvalue weighted by molar-refractivity contribution is 5.90. The summed E-state index contributed by atoms with van der Waals surface area (Å²) in [7, 11) is 0. The molecular weight excluding hydrogens is 252 g/mol. The maximum Gasteiger partial charge on any atom is 0.245 e. The van der Waals surface area contributed by atoms with Gasteiger partial charge in [0.15, 0.2) is 0 Å². The Bertz CT molecular complexity index is 485. The first-order chi connectivity index (χ1) is 9.43. The number of carbonyl (C=O) groups is 1. The van der Waals surface area contributed by atoms with Crippen LogP contribution in [-0.2, 0) is 11.3 Å². The molecule has 1 aliphatic heterocycles. The Morgan fingerprint density at radius 3 is 2.95 bits per heavy atom. The number of nitrogens with one attached hydrogen (secondary N) is 2. The Morgan fingerprint density at radius 1 is 1.50 bits per heavy atom. The maximum absolute atomic E-state index is 12.1. The van der Waals surface area contributed by atoms with Crippen LogP contribution in [-0.4, -0.2) is 35.6 Å². The van der Waals surface area contributed by atoms with Crippen molar-refractivity contribution in [1.29, 1.82) is 0 Å². The van der Waals surface area contributed by atoms with Crippen molar-refractivity contribution in [3.8, 4) is 0 Å². The summed E-state index contributed by atoms with van der Waals surface area (Å²) in [5, 5.41) is 6.33. The first-order valence-corrected chi connectivity index (χ1v) is 7.16. The predicted octanol–water partition coefficient (Wildman–Crippen LogP) is 1.29. The standard InChI is InChI=1S/C15H24N4O/c1-11(2)18-10-12-6-5-7-16-13(12)19-9-8-17-14(20)15(19,3)4/h5-7,11,18H,8-10H2,1-4H3,(H,17,20). The fourth-order valence-corrected chi connectivity index (χ4v) is 2.40. The molecule has 0 bridgehead atoms. The molecule has 0 aromatic carbocycles. The lowest BCUT2D eigenvalue weighted by atomic mass is 9.98.